The van der Waals surface area contributed by atoms with Crippen molar-refractivity contribution >= 4 is 29.1 Å². The Hall–Kier alpha value is -0.810. The molecule has 1 aliphatic rings. The average molecular weight is 359 g/mol. The number of carbonyl (C=O) groups excluding carboxylic acids is 1. The van der Waals surface area contributed by atoms with Crippen LogP contribution in [0.4, 0.5) is 0 Å². The quantitative estimate of drug-likeness (QED) is 0.841. The van der Waals surface area contributed by atoms with Crippen molar-refractivity contribution in [3.8, 4) is 0 Å². The highest BCUT2D eigenvalue weighted by molar-refractivity contribution is 6.42. The van der Waals surface area contributed by atoms with E-state index in [4.69, 9.17) is 33.7 Å². The van der Waals surface area contributed by atoms with E-state index in [0.29, 0.717) is 23.1 Å². The largest absolute Gasteiger partial charge is 0.364 e. The number of carbonyl (C=O) groups is 1. The van der Waals surface area contributed by atoms with Crippen molar-refractivity contribution in [2.75, 3.05) is 13.1 Å². The standard InChI is InChI=1S/C17H24Cl2N2O2/c1-3-8-21(17(22)16-7-5-13(10-20)23-16)11(2)12-4-6-14(18)15(19)9-12/h4,6,9,11,13,16H,3,5,7-8,10,20H2,1-2H3/t11?,13-,16+/m1/s1. The van der Waals surface area contributed by atoms with Crippen LogP contribution in [0.15, 0.2) is 18.2 Å². The van der Waals surface area contributed by atoms with E-state index in [1.807, 2.05) is 24.0 Å². The molecule has 23 heavy (non-hydrogen) atoms. The first-order chi connectivity index (χ1) is 11.0. The molecule has 4 nitrogen and oxygen atoms in total. The predicted molar refractivity (Wildman–Crippen MR) is 93.8 cm³/mol. The van der Waals surface area contributed by atoms with Gasteiger partial charge in [-0.25, -0.2) is 0 Å². The molecular formula is C17H24Cl2N2O2. The number of nitrogens with zero attached hydrogens (tertiary/aromatic N) is 1. The molecule has 1 aromatic rings. The Kier molecular flexibility index (Phi) is 6.72. The molecule has 0 spiro atoms. The van der Waals surface area contributed by atoms with Crippen molar-refractivity contribution < 1.29 is 9.53 Å². The predicted octanol–water partition coefficient (Wildman–Crippen LogP) is 3.80. The molecule has 1 amide bonds. The van der Waals surface area contributed by atoms with E-state index in [2.05, 4.69) is 6.92 Å². The Morgan fingerprint density at radius 3 is 2.70 bits per heavy atom. The summed E-state index contributed by atoms with van der Waals surface area (Å²) in [6.07, 6.45) is 2.06. The fourth-order valence-corrected chi connectivity index (χ4v) is 3.24. The molecule has 6 heteroatoms. The second-order valence-electron chi connectivity index (χ2n) is 5.94. The van der Waals surface area contributed by atoms with Gasteiger partial charge in [0, 0.05) is 13.1 Å². The number of halogens is 2. The van der Waals surface area contributed by atoms with Crippen molar-refractivity contribution in [3.63, 3.8) is 0 Å². The van der Waals surface area contributed by atoms with Crippen LogP contribution in [0.25, 0.3) is 0 Å². The highest BCUT2D eigenvalue weighted by Crippen LogP contribution is 2.30. The lowest BCUT2D eigenvalue weighted by Crippen LogP contribution is -2.41. The summed E-state index contributed by atoms with van der Waals surface area (Å²) in [7, 11) is 0. The highest BCUT2D eigenvalue weighted by atomic mass is 35.5. The molecule has 1 aliphatic heterocycles. The number of ether oxygens (including phenoxy) is 1. The van der Waals surface area contributed by atoms with E-state index in [9.17, 15) is 4.79 Å². The van der Waals surface area contributed by atoms with E-state index < -0.39 is 0 Å². The first kappa shape index (κ1) is 18.5. The highest BCUT2D eigenvalue weighted by Gasteiger charge is 2.34. The maximum absolute atomic E-state index is 12.9. The Labute approximate surface area is 147 Å². The minimum atomic E-state index is -0.389. The SMILES string of the molecule is CCCN(C(=O)[C@@H]1CC[C@H](CN)O1)C(C)c1ccc(Cl)c(Cl)c1. The lowest BCUT2D eigenvalue weighted by Gasteiger charge is -2.31. The monoisotopic (exact) mass is 358 g/mol. The van der Waals surface area contributed by atoms with E-state index in [1.54, 1.807) is 6.07 Å². The fraction of sp³-hybridized carbons (Fsp3) is 0.588. The maximum Gasteiger partial charge on any atom is 0.252 e. The van der Waals surface area contributed by atoms with E-state index in [1.165, 1.54) is 0 Å². The van der Waals surface area contributed by atoms with Crippen LogP contribution in [-0.2, 0) is 9.53 Å². The molecule has 1 saturated heterocycles. The third-order valence-electron chi connectivity index (χ3n) is 4.29. The van der Waals surface area contributed by atoms with Crippen LogP contribution in [0.1, 0.15) is 44.7 Å². The van der Waals surface area contributed by atoms with Crippen LogP contribution < -0.4 is 5.73 Å². The van der Waals surface area contributed by atoms with Crippen LogP contribution in [0.2, 0.25) is 10.0 Å². The first-order valence-electron chi connectivity index (χ1n) is 8.08. The summed E-state index contributed by atoms with van der Waals surface area (Å²) in [6, 6.07) is 5.41. The third kappa shape index (κ3) is 4.38. The summed E-state index contributed by atoms with van der Waals surface area (Å²) in [5.74, 6) is 0.0290. The number of benzene rings is 1. The molecule has 0 aliphatic carbocycles. The van der Waals surface area contributed by atoms with E-state index in [-0.39, 0.29) is 24.2 Å². The van der Waals surface area contributed by atoms with E-state index in [0.717, 1.165) is 24.8 Å². The third-order valence-corrected chi connectivity index (χ3v) is 5.03. The lowest BCUT2D eigenvalue weighted by atomic mass is 10.1. The van der Waals surface area contributed by atoms with Gasteiger partial charge >= 0.3 is 0 Å². The minimum absolute atomic E-state index is 0.00675. The fourth-order valence-electron chi connectivity index (χ4n) is 2.93. The molecule has 1 fully saturated rings. The van der Waals surface area contributed by atoms with Gasteiger partial charge < -0.3 is 15.4 Å². The van der Waals surface area contributed by atoms with Crippen molar-refractivity contribution in [2.45, 2.75) is 51.4 Å². The van der Waals surface area contributed by atoms with Gasteiger partial charge in [0.05, 0.1) is 22.2 Å². The normalized spacial score (nSPS) is 22.1. The molecule has 3 atom stereocenters. The molecule has 0 aromatic heterocycles. The maximum atomic E-state index is 12.9. The molecule has 2 rings (SSSR count). The zero-order valence-electron chi connectivity index (χ0n) is 13.6. The van der Waals surface area contributed by atoms with Crippen LogP contribution in [0.5, 0.6) is 0 Å². The molecule has 1 unspecified atom stereocenters. The summed E-state index contributed by atoms with van der Waals surface area (Å²) in [4.78, 5) is 14.7. The van der Waals surface area contributed by atoms with Crippen LogP contribution in [0, 0.1) is 0 Å². The number of rotatable bonds is 6. The van der Waals surface area contributed by atoms with Gasteiger partial charge in [0.15, 0.2) is 0 Å². The zero-order valence-corrected chi connectivity index (χ0v) is 15.1. The second-order valence-corrected chi connectivity index (χ2v) is 6.76. The Bertz CT molecular complexity index is 553. The van der Waals surface area contributed by atoms with Crippen molar-refractivity contribution in [3.05, 3.63) is 33.8 Å². The number of hydrogen-bond donors (Lipinski definition) is 1. The Morgan fingerprint density at radius 2 is 2.13 bits per heavy atom. The molecule has 0 radical (unpaired) electrons. The van der Waals surface area contributed by atoms with Gasteiger partial charge in [-0.15, -0.1) is 0 Å². The van der Waals surface area contributed by atoms with Gasteiger partial charge in [0.25, 0.3) is 5.91 Å². The van der Waals surface area contributed by atoms with Gasteiger partial charge in [0.1, 0.15) is 6.10 Å². The minimum Gasteiger partial charge on any atom is -0.364 e. The van der Waals surface area contributed by atoms with Crippen LogP contribution in [0.3, 0.4) is 0 Å². The van der Waals surface area contributed by atoms with Gasteiger partial charge in [0.2, 0.25) is 0 Å². The Morgan fingerprint density at radius 1 is 1.39 bits per heavy atom. The van der Waals surface area contributed by atoms with Crippen molar-refractivity contribution in [1.29, 1.82) is 0 Å². The molecule has 0 saturated carbocycles. The summed E-state index contributed by atoms with van der Waals surface area (Å²) in [5.41, 5.74) is 6.60. The zero-order chi connectivity index (χ0) is 17.0. The van der Waals surface area contributed by atoms with Gasteiger partial charge in [-0.3, -0.25) is 4.79 Å². The molecule has 0 bridgehead atoms. The van der Waals surface area contributed by atoms with E-state index >= 15 is 0 Å². The van der Waals surface area contributed by atoms with Gasteiger partial charge in [-0.1, -0.05) is 36.2 Å². The van der Waals surface area contributed by atoms with Crippen molar-refractivity contribution in [1.82, 2.24) is 4.90 Å². The number of nitrogens with two attached hydrogens (primary N) is 1. The summed E-state index contributed by atoms with van der Waals surface area (Å²) in [5, 5.41) is 1.01. The molecule has 2 N–H and O–H groups in total. The Balaban J connectivity index is 2.16. The summed E-state index contributed by atoms with van der Waals surface area (Å²) in [6.45, 7) is 5.19. The topological polar surface area (TPSA) is 55.6 Å². The summed E-state index contributed by atoms with van der Waals surface area (Å²) >= 11 is 12.1. The molecule has 1 aromatic carbocycles. The lowest BCUT2D eigenvalue weighted by molar-refractivity contribution is -0.145. The molecular weight excluding hydrogens is 335 g/mol. The van der Waals surface area contributed by atoms with Crippen LogP contribution >= 0.6 is 23.2 Å². The van der Waals surface area contributed by atoms with Gasteiger partial charge in [-0.05, 0) is 43.9 Å². The van der Waals surface area contributed by atoms with Gasteiger partial charge in [-0.2, -0.15) is 0 Å². The van der Waals surface area contributed by atoms with Crippen molar-refractivity contribution in [2.24, 2.45) is 5.73 Å². The molecule has 128 valence electrons. The molecule has 1 heterocycles. The number of hydrogen-bond acceptors (Lipinski definition) is 3. The number of amides is 1. The first-order valence-corrected chi connectivity index (χ1v) is 8.84. The summed E-state index contributed by atoms with van der Waals surface area (Å²) < 4.78 is 5.77. The van der Waals surface area contributed by atoms with Crippen LogP contribution in [-0.4, -0.2) is 36.1 Å². The average Bonchev–Trinajstić information content (AvgIpc) is 3.03. The smallest absolute Gasteiger partial charge is 0.252 e. The second kappa shape index (κ2) is 8.34.